The second-order valence-corrected chi connectivity index (χ2v) is 6.24. The Labute approximate surface area is 145 Å². The van der Waals surface area contributed by atoms with Gasteiger partial charge in [-0.1, -0.05) is 0 Å². The maximum atomic E-state index is 12.3. The van der Waals surface area contributed by atoms with E-state index in [9.17, 15) is 9.59 Å². The molecule has 130 valence electrons. The summed E-state index contributed by atoms with van der Waals surface area (Å²) >= 11 is 0. The summed E-state index contributed by atoms with van der Waals surface area (Å²) in [5.74, 6) is 2.11. The number of benzene rings is 1. The van der Waals surface area contributed by atoms with Gasteiger partial charge in [-0.2, -0.15) is 0 Å². The van der Waals surface area contributed by atoms with Crippen molar-refractivity contribution in [2.75, 3.05) is 0 Å². The number of fused-ring (bicyclic) bond motifs is 1. The van der Waals surface area contributed by atoms with Gasteiger partial charge in [0.15, 0.2) is 0 Å². The number of ether oxygens (including phenoxy) is 1. The Hall–Kier alpha value is -2.82. The van der Waals surface area contributed by atoms with Gasteiger partial charge in [-0.05, 0) is 57.5 Å². The molecule has 2 heterocycles. The number of aryl methyl sites for hydroxylation is 3. The first-order chi connectivity index (χ1) is 11.9. The molecule has 0 bridgehead atoms. The minimum absolute atomic E-state index is 0.0693. The monoisotopic (exact) mass is 340 g/mol. The summed E-state index contributed by atoms with van der Waals surface area (Å²) in [6, 6.07) is 7.44. The summed E-state index contributed by atoms with van der Waals surface area (Å²) in [7, 11) is 0. The zero-order chi connectivity index (χ0) is 18.1. The Morgan fingerprint density at radius 3 is 2.44 bits per heavy atom. The average Bonchev–Trinajstić information content (AvgIpc) is 2.97. The van der Waals surface area contributed by atoms with E-state index >= 15 is 0 Å². The van der Waals surface area contributed by atoms with Crippen molar-refractivity contribution in [1.82, 2.24) is 0 Å². The topological polar surface area (TPSA) is 69.7 Å². The molecule has 2 aromatic heterocycles. The van der Waals surface area contributed by atoms with E-state index in [4.69, 9.17) is 13.6 Å². The van der Waals surface area contributed by atoms with Crippen molar-refractivity contribution in [2.24, 2.45) is 0 Å². The lowest BCUT2D eigenvalue weighted by Gasteiger charge is -2.12. The predicted octanol–water partition coefficient (Wildman–Crippen LogP) is 4.02. The molecule has 0 aliphatic carbocycles. The van der Waals surface area contributed by atoms with Crippen molar-refractivity contribution in [1.29, 1.82) is 0 Å². The highest BCUT2D eigenvalue weighted by atomic mass is 16.5. The Kier molecular flexibility index (Phi) is 4.49. The summed E-state index contributed by atoms with van der Waals surface area (Å²) in [4.78, 5) is 23.6. The highest BCUT2D eigenvalue weighted by molar-refractivity contribution is 5.87. The van der Waals surface area contributed by atoms with Gasteiger partial charge in [0.25, 0.3) is 0 Å². The zero-order valence-corrected chi connectivity index (χ0v) is 14.8. The molecule has 0 amide bonds. The molecule has 25 heavy (non-hydrogen) atoms. The van der Waals surface area contributed by atoms with Gasteiger partial charge < -0.3 is 13.6 Å². The fourth-order valence-corrected chi connectivity index (χ4v) is 2.89. The molecule has 0 spiro atoms. The molecule has 3 rings (SSSR count). The number of rotatable bonds is 5. The number of hydrogen-bond acceptors (Lipinski definition) is 5. The zero-order valence-electron chi connectivity index (χ0n) is 14.8. The maximum absolute atomic E-state index is 12.3. The van der Waals surface area contributed by atoms with Crippen LogP contribution < -0.4 is 10.4 Å². The molecule has 0 saturated carbocycles. The van der Waals surface area contributed by atoms with Gasteiger partial charge in [0.2, 0.25) is 0 Å². The van der Waals surface area contributed by atoms with Crippen molar-refractivity contribution in [3.8, 4) is 5.75 Å². The third-order valence-electron chi connectivity index (χ3n) is 4.25. The summed E-state index contributed by atoms with van der Waals surface area (Å²) < 4.78 is 16.8. The van der Waals surface area contributed by atoms with Crippen LogP contribution in [0.4, 0.5) is 0 Å². The van der Waals surface area contributed by atoms with E-state index in [2.05, 4.69) is 0 Å². The number of hydrogen-bond donors (Lipinski definition) is 0. The van der Waals surface area contributed by atoms with E-state index in [0.717, 1.165) is 28.0 Å². The van der Waals surface area contributed by atoms with Crippen LogP contribution in [0, 0.1) is 20.8 Å². The minimum Gasteiger partial charge on any atom is -0.485 e. The highest BCUT2D eigenvalue weighted by Gasteiger charge is 2.16. The van der Waals surface area contributed by atoms with Crippen LogP contribution in [0.15, 0.2) is 37.9 Å². The molecule has 0 aliphatic heterocycles. The van der Waals surface area contributed by atoms with Gasteiger partial charge in [-0.3, -0.25) is 4.79 Å². The van der Waals surface area contributed by atoms with Gasteiger partial charge in [0.05, 0.1) is 0 Å². The maximum Gasteiger partial charge on any atom is 0.340 e. The normalized spacial score (nSPS) is 11.0. The van der Waals surface area contributed by atoms with Crippen molar-refractivity contribution in [3.05, 3.63) is 62.9 Å². The van der Waals surface area contributed by atoms with Gasteiger partial charge in [-0.15, -0.1) is 0 Å². The summed E-state index contributed by atoms with van der Waals surface area (Å²) in [5, 5.41) is 0.814. The average molecular weight is 340 g/mol. The Bertz CT molecular complexity index is 1010. The largest absolute Gasteiger partial charge is 0.485 e. The van der Waals surface area contributed by atoms with Gasteiger partial charge >= 0.3 is 5.63 Å². The summed E-state index contributed by atoms with van der Waals surface area (Å²) in [6.45, 7) is 7.31. The Balaban J connectivity index is 1.99. The second kappa shape index (κ2) is 6.59. The van der Waals surface area contributed by atoms with Crippen molar-refractivity contribution in [2.45, 2.75) is 40.7 Å². The van der Waals surface area contributed by atoms with Crippen molar-refractivity contribution < 1.29 is 18.4 Å². The fraction of sp³-hybridized carbons (Fsp3) is 0.300. The molecular weight excluding hydrogens is 320 g/mol. The van der Waals surface area contributed by atoms with Gasteiger partial charge in [0, 0.05) is 22.9 Å². The number of carbonyl (C=O) groups is 1. The van der Waals surface area contributed by atoms with Crippen LogP contribution in [0.1, 0.15) is 35.1 Å². The lowest BCUT2D eigenvalue weighted by Crippen LogP contribution is -2.14. The molecule has 0 saturated heterocycles. The van der Waals surface area contributed by atoms with Crippen molar-refractivity contribution >= 4 is 16.8 Å². The summed E-state index contributed by atoms with van der Waals surface area (Å²) in [5.41, 5.74) is 1.96. The van der Waals surface area contributed by atoms with E-state index in [1.165, 1.54) is 6.92 Å². The Morgan fingerprint density at radius 2 is 1.80 bits per heavy atom. The Morgan fingerprint density at radius 1 is 1.04 bits per heavy atom. The van der Waals surface area contributed by atoms with Crippen LogP contribution in [-0.2, 0) is 17.8 Å². The minimum atomic E-state index is -0.470. The first kappa shape index (κ1) is 17.0. The van der Waals surface area contributed by atoms with Crippen LogP contribution in [0.2, 0.25) is 0 Å². The van der Waals surface area contributed by atoms with Crippen molar-refractivity contribution in [3.63, 3.8) is 0 Å². The van der Waals surface area contributed by atoms with Gasteiger partial charge in [-0.25, -0.2) is 4.79 Å². The van der Waals surface area contributed by atoms with Gasteiger partial charge in [0.1, 0.15) is 35.2 Å². The molecule has 3 aromatic rings. The van der Waals surface area contributed by atoms with E-state index in [1.807, 2.05) is 45.0 Å². The van der Waals surface area contributed by atoms with E-state index in [0.29, 0.717) is 23.5 Å². The molecule has 1 aromatic carbocycles. The number of carbonyl (C=O) groups excluding carboxylic acids is 1. The third-order valence-corrected chi connectivity index (χ3v) is 4.25. The lowest BCUT2D eigenvalue weighted by atomic mass is 10.0. The quantitative estimate of drug-likeness (QED) is 0.656. The summed E-state index contributed by atoms with van der Waals surface area (Å²) in [6.07, 6.45) is 0.0826. The van der Waals surface area contributed by atoms with Crippen LogP contribution >= 0.6 is 0 Å². The molecule has 0 unspecified atom stereocenters. The van der Waals surface area contributed by atoms with Crippen LogP contribution in [-0.4, -0.2) is 5.78 Å². The lowest BCUT2D eigenvalue weighted by molar-refractivity contribution is -0.116. The fourth-order valence-electron chi connectivity index (χ4n) is 2.89. The third kappa shape index (κ3) is 3.36. The smallest absolute Gasteiger partial charge is 0.340 e. The van der Waals surface area contributed by atoms with E-state index < -0.39 is 5.63 Å². The van der Waals surface area contributed by atoms with E-state index in [-0.39, 0.29) is 12.2 Å². The number of ketones is 1. The predicted molar refractivity (Wildman–Crippen MR) is 94.1 cm³/mol. The molecule has 0 aliphatic rings. The van der Waals surface area contributed by atoms with E-state index in [1.54, 1.807) is 0 Å². The molecule has 0 fully saturated rings. The molecular formula is C20H20O5. The molecule has 5 nitrogen and oxygen atoms in total. The number of furan rings is 1. The highest BCUT2D eigenvalue weighted by Crippen LogP contribution is 2.30. The molecule has 0 atom stereocenters. The second-order valence-electron chi connectivity index (χ2n) is 6.24. The van der Waals surface area contributed by atoms with Crippen LogP contribution in [0.3, 0.4) is 0 Å². The number of Topliss-reactive ketones (excluding diaryl/α,β-unsaturated/α-hetero) is 1. The standard InChI is InChI=1S/C20H20O5/c1-11(21)9-17-13(3)16-7-8-18(14(4)19(16)25-20(17)22)23-10-15-6-5-12(2)24-15/h5-8H,9-10H2,1-4H3. The first-order valence-corrected chi connectivity index (χ1v) is 8.10. The molecule has 5 heteroatoms. The first-order valence-electron chi connectivity index (χ1n) is 8.10. The van der Waals surface area contributed by atoms with Crippen LogP contribution in [0.5, 0.6) is 5.75 Å². The SMILES string of the molecule is CC(=O)Cc1c(C)c2ccc(OCc3ccc(C)o3)c(C)c2oc1=O. The molecule has 0 radical (unpaired) electrons. The van der Waals surface area contributed by atoms with Crippen LogP contribution in [0.25, 0.3) is 11.0 Å². The molecule has 0 N–H and O–H groups in total.